The zero-order valence-corrected chi connectivity index (χ0v) is 17.8. The van der Waals surface area contributed by atoms with E-state index in [9.17, 15) is 0 Å². The third-order valence-electron chi connectivity index (χ3n) is 7.58. The Kier molecular flexibility index (Phi) is 4.60. The van der Waals surface area contributed by atoms with E-state index < -0.39 is 0 Å². The summed E-state index contributed by atoms with van der Waals surface area (Å²) in [6.07, 6.45) is 12.7. The van der Waals surface area contributed by atoms with Crippen LogP contribution in [-0.2, 0) is 38.5 Å². The fraction of sp³-hybridized carbons (Fsp3) is 0.333. The smallest absolute Gasteiger partial charge is 0.0146 e. The standard InChI is InChI=1S/C30H30/c1-3-11-25-21(9-1)19-23(27-13-5-7-15-29(25)27)17-18-24-20-22-10-2-4-12-26(22)30-16-8-6-14-28(24)30/h5-8,13-16,19-20H,1-4,9-12,17-18H2. The van der Waals surface area contributed by atoms with Gasteiger partial charge in [-0.25, -0.2) is 0 Å². The maximum Gasteiger partial charge on any atom is -0.0146 e. The summed E-state index contributed by atoms with van der Waals surface area (Å²) in [5.41, 5.74) is 9.58. The summed E-state index contributed by atoms with van der Waals surface area (Å²) < 4.78 is 0. The van der Waals surface area contributed by atoms with Crippen LogP contribution in [0.3, 0.4) is 0 Å². The fourth-order valence-corrected chi connectivity index (χ4v) is 6.10. The Morgan fingerprint density at radius 3 is 1.33 bits per heavy atom. The number of hydrogen-bond donors (Lipinski definition) is 0. The van der Waals surface area contributed by atoms with Crippen LogP contribution in [0.25, 0.3) is 21.5 Å². The first kappa shape index (κ1) is 18.2. The Balaban J connectivity index is 1.42. The van der Waals surface area contributed by atoms with Gasteiger partial charge < -0.3 is 0 Å². The van der Waals surface area contributed by atoms with Crippen LogP contribution in [0.15, 0.2) is 60.7 Å². The molecule has 0 aromatic heterocycles. The summed E-state index contributed by atoms with van der Waals surface area (Å²) in [4.78, 5) is 0. The van der Waals surface area contributed by atoms with Gasteiger partial charge >= 0.3 is 0 Å². The molecule has 0 heteroatoms. The minimum absolute atomic E-state index is 1.14. The van der Waals surface area contributed by atoms with Crippen molar-refractivity contribution in [3.05, 3.63) is 94.0 Å². The topological polar surface area (TPSA) is 0 Å². The molecule has 0 bridgehead atoms. The average molecular weight is 391 g/mol. The molecule has 2 aliphatic carbocycles. The summed E-state index contributed by atoms with van der Waals surface area (Å²) in [6, 6.07) is 23.4. The molecule has 4 aromatic carbocycles. The quantitative estimate of drug-likeness (QED) is 0.339. The van der Waals surface area contributed by atoms with Crippen LogP contribution in [-0.4, -0.2) is 0 Å². The number of aryl methyl sites for hydroxylation is 6. The molecule has 0 heterocycles. The number of rotatable bonds is 3. The normalized spacial score (nSPS) is 15.9. The Hall–Kier alpha value is -2.60. The lowest BCUT2D eigenvalue weighted by Gasteiger charge is -2.22. The van der Waals surface area contributed by atoms with E-state index in [0.717, 1.165) is 12.8 Å². The zero-order valence-electron chi connectivity index (χ0n) is 17.8. The van der Waals surface area contributed by atoms with E-state index in [1.807, 2.05) is 0 Å². The van der Waals surface area contributed by atoms with Crippen molar-refractivity contribution in [3.8, 4) is 0 Å². The second kappa shape index (κ2) is 7.58. The molecule has 0 spiro atoms. The van der Waals surface area contributed by atoms with Gasteiger partial charge in [-0.2, -0.15) is 0 Å². The molecule has 0 N–H and O–H groups in total. The van der Waals surface area contributed by atoms with Gasteiger partial charge in [0.05, 0.1) is 0 Å². The summed E-state index contributed by atoms with van der Waals surface area (Å²) in [5, 5.41) is 6.00. The molecule has 2 aliphatic rings. The molecule has 0 fully saturated rings. The van der Waals surface area contributed by atoms with E-state index in [4.69, 9.17) is 0 Å². The van der Waals surface area contributed by atoms with Crippen molar-refractivity contribution in [2.75, 3.05) is 0 Å². The highest BCUT2D eigenvalue weighted by molar-refractivity contribution is 5.91. The van der Waals surface area contributed by atoms with Crippen molar-refractivity contribution in [2.45, 2.75) is 64.2 Å². The van der Waals surface area contributed by atoms with Gasteiger partial charge in [-0.15, -0.1) is 0 Å². The number of benzene rings is 4. The molecule has 0 saturated heterocycles. The zero-order chi connectivity index (χ0) is 19.9. The molecule has 0 nitrogen and oxygen atoms in total. The maximum atomic E-state index is 2.55. The summed E-state index contributed by atoms with van der Waals surface area (Å²) in [6.45, 7) is 0. The largest absolute Gasteiger partial charge is 0.0616 e. The van der Waals surface area contributed by atoms with E-state index in [1.165, 1.54) is 72.9 Å². The van der Waals surface area contributed by atoms with E-state index in [0.29, 0.717) is 0 Å². The van der Waals surface area contributed by atoms with Gasteiger partial charge in [0.15, 0.2) is 0 Å². The van der Waals surface area contributed by atoms with Crippen LogP contribution in [0.1, 0.15) is 59.1 Å². The van der Waals surface area contributed by atoms with Gasteiger partial charge in [0.1, 0.15) is 0 Å². The van der Waals surface area contributed by atoms with Crippen molar-refractivity contribution in [3.63, 3.8) is 0 Å². The van der Waals surface area contributed by atoms with E-state index in [-0.39, 0.29) is 0 Å². The molecular weight excluding hydrogens is 360 g/mol. The van der Waals surface area contributed by atoms with Crippen molar-refractivity contribution in [1.82, 2.24) is 0 Å². The van der Waals surface area contributed by atoms with Gasteiger partial charge in [-0.05, 0) is 119 Å². The van der Waals surface area contributed by atoms with E-state index in [2.05, 4.69) is 60.7 Å². The van der Waals surface area contributed by atoms with Gasteiger partial charge in [0, 0.05) is 0 Å². The monoisotopic (exact) mass is 390 g/mol. The molecule has 0 amide bonds. The van der Waals surface area contributed by atoms with Crippen molar-refractivity contribution < 1.29 is 0 Å². The van der Waals surface area contributed by atoms with Crippen LogP contribution in [0.4, 0.5) is 0 Å². The molecular formula is C30H30. The molecule has 30 heavy (non-hydrogen) atoms. The lowest BCUT2D eigenvalue weighted by molar-refractivity contribution is 0.688. The van der Waals surface area contributed by atoms with E-state index in [1.54, 1.807) is 33.4 Å². The molecule has 4 aromatic rings. The molecule has 0 unspecified atom stereocenters. The summed E-state index contributed by atoms with van der Waals surface area (Å²) in [5.74, 6) is 0. The van der Waals surface area contributed by atoms with Gasteiger partial charge in [-0.1, -0.05) is 60.7 Å². The van der Waals surface area contributed by atoms with Crippen LogP contribution >= 0.6 is 0 Å². The Morgan fingerprint density at radius 1 is 0.467 bits per heavy atom. The fourth-order valence-electron chi connectivity index (χ4n) is 6.10. The van der Waals surface area contributed by atoms with Gasteiger partial charge in [0.2, 0.25) is 0 Å². The Labute approximate surface area is 179 Å². The number of hydrogen-bond acceptors (Lipinski definition) is 0. The Bertz CT molecular complexity index is 1140. The first-order valence-electron chi connectivity index (χ1n) is 11.9. The van der Waals surface area contributed by atoms with Crippen molar-refractivity contribution >= 4 is 21.5 Å². The minimum Gasteiger partial charge on any atom is -0.0616 e. The van der Waals surface area contributed by atoms with Gasteiger partial charge in [0.25, 0.3) is 0 Å². The molecule has 0 atom stereocenters. The van der Waals surface area contributed by atoms with Gasteiger partial charge in [-0.3, -0.25) is 0 Å². The highest BCUT2D eigenvalue weighted by Crippen LogP contribution is 2.35. The first-order chi connectivity index (χ1) is 14.9. The second-order valence-electron chi connectivity index (χ2n) is 9.35. The first-order valence-corrected chi connectivity index (χ1v) is 11.9. The SMILES string of the molecule is c1ccc2c3c(cc(CCc4cc5c(c6ccccc46)CCCC5)c2c1)CCCC3. The van der Waals surface area contributed by atoms with Crippen molar-refractivity contribution in [1.29, 1.82) is 0 Å². The second-order valence-corrected chi connectivity index (χ2v) is 9.35. The maximum absolute atomic E-state index is 2.55. The molecule has 150 valence electrons. The predicted molar refractivity (Wildman–Crippen MR) is 129 cm³/mol. The molecule has 0 aliphatic heterocycles. The third kappa shape index (κ3) is 3.05. The lowest BCUT2D eigenvalue weighted by Crippen LogP contribution is -2.07. The minimum atomic E-state index is 1.14. The summed E-state index contributed by atoms with van der Waals surface area (Å²) in [7, 11) is 0. The molecule has 0 radical (unpaired) electrons. The van der Waals surface area contributed by atoms with Crippen LogP contribution < -0.4 is 0 Å². The lowest BCUT2D eigenvalue weighted by atomic mass is 9.83. The predicted octanol–water partition coefficient (Wildman–Crippen LogP) is 7.54. The highest BCUT2D eigenvalue weighted by Gasteiger charge is 2.17. The third-order valence-corrected chi connectivity index (χ3v) is 7.58. The average Bonchev–Trinajstić information content (AvgIpc) is 2.82. The Morgan fingerprint density at radius 2 is 0.867 bits per heavy atom. The molecule has 0 saturated carbocycles. The summed E-state index contributed by atoms with van der Waals surface area (Å²) >= 11 is 0. The molecule has 6 rings (SSSR count). The van der Waals surface area contributed by atoms with Crippen molar-refractivity contribution in [2.24, 2.45) is 0 Å². The van der Waals surface area contributed by atoms with Crippen LogP contribution in [0.5, 0.6) is 0 Å². The van der Waals surface area contributed by atoms with Crippen LogP contribution in [0.2, 0.25) is 0 Å². The van der Waals surface area contributed by atoms with Crippen LogP contribution in [0, 0.1) is 0 Å². The number of fused-ring (bicyclic) bond motifs is 6. The highest BCUT2D eigenvalue weighted by atomic mass is 14.2. The van der Waals surface area contributed by atoms with E-state index >= 15 is 0 Å².